The molecule has 20 heavy (non-hydrogen) atoms. The summed E-state index contributed by atoms with van der Waals surface area (Å²) in [6.07, 6.45) is 1.14. The Balaban J connectivity index is 2.43. The third-order valence-corrected chi connectivity index (χ3v) is 5.28. The molecule has 1 aromatic rings. The number of nitrogens with one attached hydrogen (secondary N) is 1. The predicted octanol–water partition coefficient (Wildman–Crippen LogP) is -0.148. The topological polar surface area (TPSA) is 103 Å². The number of pyridine rings is 1. The fraction of sp³-hybridized carbons (Fsp3) is 0.417. The first kappa shape index (κ1) is 14.4. The number of carbonyl (C=O) groups is 1. The molecule has 1 aromatic heterocycles. The first-order valence-electron chi connectivity index (χ1n) is 5.97. The second-order valence-electron chi connectivity index (χ2n) is 4.88. The Morgan fingerprint density at radius 3 is 2.70 bits per heavy atom. The number of aromatic nitrogens is 1. The lowest BCUT2D eigenvalue weighted by molar-refractivity contribution is -0.131. The molecule has 1 aliphatic rings. The number of hydrogen-bond acceptors (Lipinski definition) is 5. The first-order valence-corrected chi connectivity index (χ1v) is 7.41. The number of hydrogen-bond donors (Lipinski definition) is 1. The van der Waals surface area contributed by atoms with E-state index in [4.69, 9.17) is 5.26 Å². The number of amides is 1. The number of sulfonamides is 1. The molecule has 1 N–H and O–H groups in total. The summed E-state index contributed by atoms with van der Waals surface area (Å²) in [5, 5.41) is 11.3. The largest absolute Gasteiger partial charge is 0.353 e. The van der Waals surface area contributed by atoms with Crippen LogP contribution in [-0.4, -0.2) is 42.2 Å². The zero-order valence-electron chi connectivity index (χ0n) is 11.1. The van der Waals surface area contributed by atoms with Crippen molar-refractivity contribution in [2.75, 3.05) is 13.1 Å². The normalized spacial score (nSPS) is 19.1. The van der Waals surface area contributed by atoms with Crippen molar-refractivity contribution in [2.45, 2.75) is 24.3 Å². The van der Waals surface area contributed by atoms with E-state index in [9.17, 15) is 13.2 Å². The van der Waals surface area contributed by atoms with Crippen molar-refractivity contribution in [2.24, 2.45) is 0 Å². The van der Waals surface area contributed by atoms with E-state index in [0.29, 0.717) is 0 Å². The minimum absolute atomic E-state index is 0.0284. The number of nitrogens with zero attached hydrogens (tertiary/aromatic N) is 3. The fourth-order valence-electron chi connectivity index (χ4n) is 2.03. The Labute approximate surface area is 117 Å². The predicted molar refractivity (Wildman–Crippen MR) is 69.9 cm³/mol. The van der Waals surface area contributed by atoms with Gasteiger partial charge in [-0.1, -0.05) is 0 Å². The van der Waals surface area contributed by atoms with Crippen molar-refractivity contribution in [3.63, 3.8) is 0 Å². The minimum atomic E-state index is -3.83. The average Bonchev–Trinajstić information content (AvgIpc) is 2.41. The van der Waals surface area contributed by atoms with Crippen LogP contribution in [0.4, 0.5) is 0 Å². The van der Waals surface area contributed by atoms with Gasteiger partial charge < -0.3 is 5.32 Å². The van der Waals surface area contributed by atoms with E-state index in [0.717, 1.165) is 10.5 Å². The summed E-state index contributed by atoms with van der Waals surface area (Å²) in [4.78, 5) is 15.6. The van der Waals surface area contributed by atoms with Gasteiger partial charge >= 0.3 is 0 Å². The van der Waals surface area contributed by atoms with Crippen molar-refractivity contribution >= 4 is 15.9 Å². The van der Waals surface area contributed by atoms with E-state index in [1.807, 2.05) is 6.07 Å². The van der Waals surface area contributed by atoms with E-state index in [1.54, 1.807) is 13.8 Å². The molecule has 0 spiro atoms. The summed E-state index contributed by atoms with van der Waals surface area (Å²) >= 11 is 0. The second-order valence-corrected chi connectivity index (χ2v) is 6.75. The van der Waals surface area contributed by atoms with E-state index in [2.05, 4.69) is 10.3 Å². The van der Waals surface area contributed by atoms with Crippen molar-refractivity contribution in [1.82, 2.24) is 14.6 Å². The van der Waals surface area contributed by atoms with Gasteiger partial charge in [-0.15, -0.1) is 0 Å². The smallest absolute Gasteiger partial charge is 0.245 e. The minimum Gasteiger partial charge on any atom is -0.353 e. The van der Waals surface area contributed by atoms with Crippen LogP contribution in [0.3, 0.4) is 0 Å². The van der Waals surface area contributed by atoms with Crippen LogP contribution in [0.5, 0.6) is 0 Å². The number of rotatable bonds is 2. The zero-order chi connectivity index (χ0) is 15.0. The third kappa shape index (κ3) is 2.26. The van der Waals surface area contributed by atoms with E-state index < -0.39 is 15.6 Å². The van der Waals surface area contributed by atoms with Crippen molar-refractivity contribution in [3.05, 3.63) is 24.0 Å². The maximum absolute atomic E-state index is 12.6. The lowest BCUT2D eigenvalue weighted by atomic mass is 10.0. The molecule has 2 rings (SSSR count). The molecule has 0 radical (unpaired) electrons. The standard InChI is InChI=1S/C12H14N4O3S/c1-12(2)11(17)14-5-6-16(12)20(18,19)10-4-3-9(7-13)15-8-10/h3-4,8H,5-6H2,1-2H3,(H,14,17). The maximum Gasteiger partial charge on any atom is 0.245 e. The molecule has 1 amide bonds. The number of nitriles is 1. The molecule has 7 nitrogen and oxygen atoms in total. The third-order valence-electron chi connectivity index (χ3n) is 3.22. The molecule has 0 aromatic carbocycles. The zero-order valence-corrected chi connectivity index (χ0v) is 11.9. The van der Waals surface area contributed by atoms with Crippen molar-refractivity contribution in [3.8, 4) is 6.07 Å². The summed E-state index contributed by atoms with van der Waals surface area (Å²) in [7, 11) is -3.83. The molecular formula is C12H14N4O3S. The van der Waals surface area contributed by atoms with Gasteiger partial charge in [-0.3, -0.25) is 4.79 Å². The Morgan fingerprint density at radius 1 is 1.45 bits per heavy atom. The molecule has 0 aliphatic carbocycles. The van der Waals surface area contributed by atoms with Crippen LogP contribution in [0, 0.1) is 11.3 Å². The van der Waals surface area contributed by atoms with E-state index in [1.165, 1.54) is 12.1 Å². The van der Waals surface area contributed by atoms with Crippen LogP contribution in [-0.2, 0) is 14.8 Å². The molecule has 0 saturated carbocycles. The molecule has 2 heterocycles. The Bertz CT molecular complexity index is 674. The molecule has 8 heteroatoms. The van der Waals surface area contributed by atoms with Crippen molar-refractivity contribution < 1.29 is 13.2 Å². The van der Waals surface area contributed by atoms with Crippen LogP contribution in [0.15, 0.2) is 23.2 Å². The van der Waals surface area contributed by atoms with Gasteiger partial charge in [0.1, 0.15) is 22.2 Å². The highest BCUT2D eigenvalue weighted by molar-refractivity contribution is 7.89. The van der Waals surface area contributed by atoms with Gasteiger partial charge in [-0.25, -0.2) is 13.4 Å². The molecule has 0 atom stereocenters. The quantitative estimate of drug-likeness (QED) is 0.817. The summed E-state index contributed by atoms with van der Waals surface area (Å²) in [5.41, 5.74) is -1.02. The molecule has 0 unspecified atom stereocenters. The highest BCUT2D eigenvalue weighted by Crippen LogP contribution is 2.26. The Hall–Kier alpha value is -1.98. The van der Waals surface area contributed by atoms with Crippen LogP contribution in [0.1, 0.15) is 19.5 Å². The van der Waals surface area contributed by atoms with Crippen LogP contribution in [0.2, 0.25) is 0 Å². The van der Waals surface area contributed by atoms with Gasteiger partial charge in [0.15, 0.2) is 0 Å². The Kier molecular flexibility index (Phi) is 3.50. The second kappa shape index (κ2) is 4.85. The molecule has 1 fully saturated rings. The van der Waals surface area contributed by atoms with Gasteiger partial charge in [0, 0.05) is 19.3 Å². The number of carbonyl (C=O) groups excluding carboxylic acids is 1. The maximum atomic E-state index is 12.6. The molecule has 106 valence electrons. The van der Waals surface area contributed by atoms with Gasteiger partial charge in [-0.05, 0) is 26.0 Å². The summed E-state index contributed by atoms with van der Waals surface area (Å²) in [5.74, 6) is -0.339. The summed E-state index contributed by atoms with van der Waals surface area (Å²) < 4.78 is 26.3. The summed E-state index contributed by atoms with van der Waals surface area (Å²) in [6, 6.07) is 4.48. The van der Waals surface area contributed by atoms with Gasteiger partial charge in [0.25, 0.3) is 0 Å². The van der Waals surface area contributed by atoms with Crippen LogP contribution in [0.25, 0.3) is 0 Å². The molecule has 1 saturated heterocycles. The van der Waals surface area contributed by atoms with Crippen LogP contribution >= 0.6 is 0 Å². The van der Waals surface area contributed by atoms with Crippen molar-refractivity contribution in [1.29, 1.82) is 5.26 Å². The van der Waals surface area contributed by atoms with E-state index in [-0.39, 0.29) is 29.6 Å². The average molecular weight is 294 g/mol. The highest BCUT2D eigenvalue weighted by Gasteiger charge is 2.44. The fourth-order valence-corrected chi connectivity index (χ4v) is 3.72. The molecular weight excluding hydrogens is 280 g/mol. The Morgan fingerprint density at radius 2 is 2.15 bits per heavy atom. The lowest BCUT2D eigenvalue weighted by Crippen LogP contribution is -2.63. The summed E-state index contributed by atoms with van der Waals surface area (Å²) in [6.45, 7) is 3.57. The first-order chi connectivity index (χ1) is 9.30. The van der Waals surface area contributed by atoms with Crippen LogP contribution < -0.4 is 5.32 Å². The van der Waals surface area contributed by atoms with Gasteiger partial charge in [0.05, 0.1) is 0 Å². The molecule has 0 bridgehead atoms. The lowest BCUT2D eigenvalue weighted by Gasteiger charge is -2.39. The van der Waals surface area contributed by atoms with Gasteiger partial charge in [0.2, 0.25) is 15.9 Å². The van der Waals surface area contributed by atoms with Gasteiger partial charge in [-0.2, -0.15) is 9.57 Å². The SMILES string of the molecule is CC1(C)C(=O)NCCN1S(=O)(=O)c1ccc(C#N)nc1. The molecule has 1 aliphatic heterocycles. The number of piperazine rings is 1. The highest BCUT2D eigenvalue weighted by atomic mass is 32.2. The van der Waals surface area contributed by atoms with E-state index >= 15 is 0 Å². The monoisotopic (exact) mass is 294 g/mol.